The van der Waals surface area contributed by atoms with E-state index in [1.165, 1.54) is 0 Å². The minimum atomic E-state index is -1.17. The van der Waals surface area contributed by atoms with Crippen LogP contribution in [0.3, 0.4) is 0 Å². The third-order valence-corrected chi connectivity index (χ3v) is 2.71. The first-order valence-corrected chi connectivity index (χ1v) is 4.59. The second kappa shape index (κ2) is 3.73. The largest absolute Gasteiger partial charge is 0.394 e. The van der Waals surface area contributed by atoms with Crippen molar-refractivity contribution in [3.05, 3.63) is 0 Å². The minimum absolute atomic E-state index is 0.255. The molecule has 0 aromatic rings. The Labute approximate surface area is 80.7 Å². The zero-order chi connectivity index (χ0) is 10.3. The summed E-state index contributed by atoms with van der Waals surface area (Å²) in [6.45, 7) is -0.364. The van der Waals surface area contributed by atoms with Crippen molar-refractivity contribution in [1.29, 1.82) is 0 Å². The first-order valence-electron chi connectivity index (χ1n) is 4.59. The van der Waals surface area contributed by atoms with Gasteiger partial charge in [-0.3, -0.25) is 0 Å². The molecule has 2 aliphatic rings. The topological polar surface area (TPSA) is 99.4 Å². The highest BCUT2D eigenvalue weighted by Gasteiger charge is 2.49. The maximum absolute atomic E-state index is 9.59. The van der Waals surface area contributed by atoms with E-state index in [2.05, 4.69) is 0 Å². The SMILES string of the molecule is OC[C@H]1O[C@@H]2CC(O)O[C@@H]2[C@@H](O)[C@H]1O. The Morgan fingerprint density at radius 1 is 1.07 bits per heavy atom. The number of fused-ring (bicyclic) bond motifs is 1. The average Bonchev–Trinajstić information content (AvgIpc) is 2.52. The molecule has 2 fully saturated rings. The van der Waals surface area contributed by atoms with E-state index in [4.69, 9.17) is 19.7 Å². The van der Waals surface area contributed by atoms with Crippen molar-refractivity contribution in [3.63, 3.8) is 0 Å². The van der Waals surface area contributed by atoms with Crippen molar-refractivity contribution in [1.82, 2.24) is 0 Å². The van der Waals surface area contributed by atoms with Crippen LogP contribution in [-0.2, 0) is 9.47 Å². The summed E-state index contributed by atoms with van der Waals surface area (Å²) >= 11 is 0. The van der Waals surface area contributed by atoms with Gasteiger partial charge in [-0.05, 0) is 0 Å². The fourth-order valence-electron chi connectivity index (χ4n) is 1.96. The smallest absolute Gasteiger partial charge is 0.157 e. The number of hydrogen-bond acceptors (Lipinski definition) is 6. The highest BCUT2D eigenvalue weighted by Crippen LogP contribution is 2.32. The van der Waals surface area contributed by atoms with Gasteiger partial charge in [-0.2, -0.15) is 0 Å². The van der Waals surface area contributed by atoms with Gasteiger partial charge in [0.2, 0.25) is 0 Å². The van der Waals surface area contributed by atoms with Gasteiger partial charge in [0.1, 0.15) is 24.4 Å². The molecule has 0 spiro atoms. The maximum Gasteiger partial charge on any atom is 0.157 e. The van der Waals surface area contributed by atoms with Gasteiger partial charge >= 0.3 is 0 Å². The number of aliphatic hydroxyl groups excluding tert-OH is 4. The average molecular weight is 206 g/mol. The lowest BCUT2D eigenvalue weighted by molar-refractivity contribution is -0.226. The van der Waals surface area contributed by atoms with Crippen molar-refractivity contribution in [3.8, 4) is 0 Å². The van der Waals surface area contributed by atoms with Gasteiger partial charge in [0.15, 0.2) is 6.29 Å². The highest BCUT2D eigenvalue weighted by atomic mass is 16.7. The van der Waals surface area contributed by atoms with Crippen molar-refractivity contribution >= 4 is 0 Å². The molecule has 0 saturated carbocycles. The van der Waals surface area contributed by atoms with Gasteiger partial charge in [-0.25, -0.2) is 0 Å². The molecular weight excluding hydrogens is 192 g/mol. The van der Waals surface area contributed by atoms with E-state index in [1.54, 1.807) is 0 Å². The van der Waals surface area contributed by atoms with Crippen LogP contribution in [0.4, 0.5) is 0 Å². The molecule has 0 radical (unpaired) electrons. The van der Waals surface area contributed by atoms with Crippen molar-refractivity contribution in [2.24, 2.45) is 0 Å². The fourth-order valence-corrected chi connectivity index (χ4v) is 1.96. The molecule has 1 unspecified atom stereocenters. The molecule has 2 aliphatic heterocycles. The number of ether oxygens (including phenoxy) is 2. The van der Waals surface area contributed by atoms with Gasteiger partial charge in [0.05, 0.1) is 12.7 Å². The van der Waals surface area contributed by atoms with Gasteiger partial charge in [-0.15, -0.1) is 0 Å². The first-order chi connectivity index (χ1) is 6.63. The maximum atomic E-state index is 9.59. The van der Waals surface area contributed by atoms with E-state index < -0.39 is 36.8 Å². The molecule has 82 valence electrons. The summed E-state index contributed by atoms with van der Waals surface area (Å²) in [5.74, 6) is 0. The van der Waals surface area contributed by atoms with Crippen molar-refractivity contribution in [2.75, 3.05) is 6.61 Å². The van der Waals surface area contributed by atoms with Gasteiger partial charge in [-0.1, -0.05) is 0 Å². The summed E-state index contributed by atoms with van der Waals surface area (Å²) in [6.07, 6.45) is -4.98. The lowest BCUT2D eigenvalue weighted by Gasteiger charge is -2.38. The number of rotatable bonds is 1. The molecule has 6 nitrogen and oxygen atoms in total. The van der Waals surface area contributed by atoms with E-state index in [9.17, 15) is 10.2 Å². The lowest BCUT2D eigenvalue weighted by Crippen LogP contribution is -2.57. The zero-order valence-corrected chi connectivity index (χ0v) is 7.48. The highest BCUT2D eigenvalue weighted by molar-refractivity contribution is 4.96. The summed E-state index contributed by atoms with van der Waals surface area (Å²) in [5, 5.41) is 37.1. The van der Waals surface area contributed by atoms with Crippen molar-refractivity contribution in [2.45, 2.75) is 43.2 Å². The van der Waals surface area contributed by atoms with Crippen LogP contribution in [0.25, 0.3) is 0 Å². The van der Waals surface area contributed by atoms with Crippen LogP contribution in [0.5, 0.6) is 0 Å². The van der Waals surface area contributed by atoms with Crippen LogP contribution in [-0.4, -0.2) is 63.8 Å². The quantitative estimate of drug-likeness (QED) is 0.381. The predicted octanol–water partition coefficient (Wildman–Crippen LogP) is -2.42. The number of hydrogen-bond donors (Lipinski definition) is 4. The van der Waals surface area contributed by atoms with Gasteiger partial charge < -0.3 is 29.9 Å². The second-order valence-electron chi connectivity index (χ2n) is 3.67. The molecule has 0 bridgehead atoms. The lowest BCUT2D eigenvalue weighted by atomic mass is 9.95. The minimum Gasteiger partial charge on any atom is -0.394 e. The third kappa shape index (κ3) is 1.54. The van der Waals surface area contributed by atoms with Crippen LogP contribution in [0.15, 0.2) is 0 Å². The van der Waals surface area contributed by atoms with E-state index >= 15 is 0 Å². The van der Waals surface area contributed by atoms with Crippen LogP contribution in [0, 0.1) is 0 Å². The second-order valence-corrected chi connectivity index (χ2v) is 3.67. The molecule has 6 atom stereocenters. The summed E-state index contributed by atoms with van der Waals surface area (Å²) in [6, 6.07) is 0. The molecule has 0 amide bonds. The molecule has 0 aliphatic carbocycles. The summed E-state index contributed by atoms with van der Waals surface area (Å²) in [7, 11) is 0. The summed E-state index contributed by atoms with van der Waals surface area (Å²) < 4.78 is 10.2. The molecular formula is C8H14O6. The van der Waals surface area contributed by atoms with Crippen LogP contribution < -0.4 is 0 Å². The molecule has 6 heteroatoms. The van der Waals surface area contributed by atoms with Gasteiger partial charge in [0.25, 0.3) is 0 Å². The molecule has 4 N–H and O–H groups in total. The summed E-state index contributed by atoms with van der Waals surface area (Å²) in [5.41, 5.74) is 0. The van der Waals surface area contributed by atoms with Crippen molar-refractivity contribution < 1.29 is 29.9 Å². The van der Waals surface area contributed by atoms with E-state index in [-0.39, 0.29) is 13.0 Å². The van der Waals surface area contributed by atoms with Crippen LogP contribution in [0.2, 0.25) is 0 Å². The molecule has 0 aromatic carbocycles. The Bertz CT molecular complexity index is 208. The normalized spacial score (nSPS) is 53.1. The summed E-state index contributed by atoms with van der Waals surface area (Å²) in [4.78, 5) is 0. The first kappa shape index (κ1) is 10.3. The molecule has 2 rings (SSSR count). The van der Waals surface area contributed by atoms with Crippen LogP contribution in [0.1, 0.15) is 6.42 Å². The molecule has 0 aromatic heterocycles. The molecule has 2 heterocycles. The fraction of sp³-hybridized carbons (Fsp3) is 1.00. The van der Waals surface area contributed by atoms with E-state index in [1.807, 2.05) is 0 Å². The Balaban J connectivity index is 2.09. The monoisotopic (exact) mass is 206 g/mol. The Kier molecular flexibility index (Phi) is 2.74. The zero-order valence-electron chi connectivity index (χ0n) is 7.48. The van der Waals surface area contributed by atoms with Gasteiger partial charge in [0, 0.05) is 6.42 Å². The Hall–Kier alpha value is -0.240. The number of aliphatic hydroxyl groups is 4. The predicted molar refractivity (Wildman–Crippen MR) is 43.3 cm³/mol. The van der Waals surface area contributed by atoms with Crippen LogP contribution >= 0.6 is 0 Å². The Morgan fingerprint density at radius 3 is 2.43 bits per heavy atom. The Morgan fingerprint density at radius 2 is 1.79 bits per heavy atom. The van der Waals surface area contributed by atoms with E-state index in [0.29, 0.717) is 0 Å². The molecule has 2 saturated heterocycles. The van der Waals surface area contributed by atoms with E-state index in [0.717, 1.165) is 0 Å². The standard InChI is InChI=1S/C8H14O6/c9-2-4-6(11)7(12)8-3(13-4)1-5(10)14-8/h3-12H,1-2H2/t3-,4-,5?,6+,7+,8+/m1/s1. The third-order valence-electron chi connectivity index (χ3n) is 2.71. The molecule has 14 heavy (non-hydrogen) atoms.